The Balaban J connectivity index is 1.96. The van der Waals surface area contributed by atoms with E-state index in [1.807, 2.05) is 6.33 Å². The maximum absolute atomic E-state index is 5.99. The number of methoxy groups -OCH3 is 1. The van der Waals surface area contributed by atoms with Crippen molar-refractivity contribution in [2.45, 2.75) is 38.1 Å². The molecule has 2 heterocycles. The zero-order valence-corrected chi connectivity index (χ0v) is 12.9. The van der Waals surface area contributed by atoms with Crippen molar-refractivity contribution in [1.29, 1.82) is 0 Å². The summed E-state index contributed by atoms with van der Waals surface area (Å²) >= 11 is 5.99. The molecule has 1 N–H and O–H groups in total. The summed E-state index contributed by atoms with van der Waals surface area (Å²) in [6.07, 6.45) is 8.10. The van der Waals surface area contributed by atoms with Crippen LogP contribution in [0, 0.1) is 0 Å². The predicted molar refractivity (Wildman–Crippen MR) is 82.8 cm³/mol. The van der Waals surface area contributed by atoms with Crippen LogP contribution in [-0.4, -0.2) is 39.8 Å². The van der Waals surface area contributed by atoms with Gasteiger partial charge < -0.3 is 14.6 Å². The minimum atomic E-state index is 0.219. The molecule has 0 aliphatic heterocycles. The molecule has 0 saturated heterocycles. The number of hydrogen-bond donors (Lipinski definition) is 1. The van der Waals surface area contributed by atoms with E-state index in [2.05, 4.69) is 24.8 Å². The number of aromatic nitrogens is 4. The van der Waals surface area contributed by atoms with Crippen LogP contribution in [0.25, 0.3) is 11.2 Å². The average molecular weight is 310 g/mol. The number of hydrogen-bond acceptors (Lipinski definition) is 5. The van der Waals surface area contributed by atoms with E-state index in [4.69, 9.17) is 16.3 Å². The number of nitrogens with one attached hydrogen (secondary N) is 1. The van der Waals surface area contributed by atoms with Gasteiger partial charge in [0.2, 0.25) is 5.28 Å². The number of rotatable bonds is 5. The van der Waals surface area contributed by atoms with Gasteiger partial charge in [-0.3, -0.25) is 0 Å². The van der Waals surface area contributed by atoms with E-state index in [9.17, 15) is 0 Å². The quantitative estimate of drug-likeness (QED) is 0.679. The Bertz CT molecular complexity index is 609. The minimum absolute atomic E-state index is 0.219. The molecule has 0 bridgehead atoms. The lowest BCUT2D eigenvalue weighted by molar-refractivity contribution is 0.210. The van der Waals surface area contributed by atoms with E-state index in [1.165, 1.54) is 32.1 Å². The molecule has 0 amide bonds. The van der Waals surface area contributed by atoms with E-state index in [0.29, 0.717) is 24.8 Å². The van der Waals surface area contributed by atoms with Gasteiger partial charge in [-0.15, -0.1) is 0 Å². The van der Waals surface area contributed by atoms with Crippen molar-refractivity contribution in [1.82, 2.24) is 19.5 Å². The topological polar surface area (TPSA) is 64.9 Å². The standard InChI is InChI=1S/C14H20ClN5O/c1-21-8-7-16-12-11-13(19-14(15)18-12)17-9-20(11)10-5-3-2-4-6-10/h9-10H,2-8H2,1H3,(H,16,18,19). The van der Waals surface area contributed by atoms with Crippen LogP contribution in [0.3, 0.4) is 0 Å². The summed E-state index contributed by atoms with van der Waals surface area (Å²) in [5.74, 6) is 0.741. The molecular formula is C14H20ClN5O. The van der Waals surface area contributed by atoms with Crippen LogP contribution >= 0.6 is 11.6 Å². The molecule has 114 valence electrons. The van der Waals surface area contributed by atoms with Gasteiger partial charge in [-0.05, 0) is 24.4 Å². The van der Waals surface area contributed by atoms with E-state index >= 15 is 0 Å². The molecular weight excluding hydrogens is 290 g/mol. The molecule has 3 rings (SSSR count). The summed E-state index contributed by atoms with van der Waals surface area (Å²) in [6, 6.07) is 0.483. The van der Waals surface area contributed by atoms with Crippen molar-refractivity contribution in [3.05, 3.63) is 11.6 Å². The van der Waals surface area contributed by atoms with E-state index in [1.54, 1.807) is 7.11 Å². The lowest BCUT2D eigenvalue weighted by atomic mass is 9.95. The van der Waals surface area contributed by atoms with Gasteiger partial charge in [0.05, 0.1) is 12.9 Å². The molecule has 0 radical (unpaired) electrons. The fourth-order valence-electron chi connectivity index (χ4n) is 2.95. The third-order valence-corrected chi connectivity index (χ3v) is 4.14. The summed E-state index contributed by atoms with van der Waals surface area (Å²) < 4.78 is 7.28. The van der Waals surface area contributed by atoms with E-state index in [0.717, 1.165) is 11.3 Å². The van der Waals surface area contributed by atoms with Crippen molar-refractivity contribution < 1.29 is 4.74 Å². The Hall–Kier alpha value is -1.40. The maximum atomic E-state index is 5.99. The molecule has 1 aliphatic rings. The lowest BCUT2D eigenvalue weighted by Gasteiger charge is -2.24. The summed E-state index contributed by atoms with van der Waals surface area (Å²) in [7, 11) is 1.68. The maximum Gasteiger partial charge on any atom is 0.226 e. The number of halogens is 1. The molecule has 0 unspecified atom stereocenters. The largest absolute Gasteiger partial charge is 0.383 e. The third-order valence-electron chi connectivity index (χ3n) is 3.97. The van der Waals surface area contributed by atoms with Crippen molar-refractivity contribution >= 4 is 28.6 Å². The first-order valence-electron chi connectivity index (χ1n) is 7.42. The van der Waals surface area contributed by atoms with Gasteiger partial charge in [0.1, 0.15) is 5.52 Å². The molecule has 1 aliphatic carbocycles. The van der Waals surface area contributed by atoms with Crippen molar-refractivity contribution in [2.75, 3.05) is 25.6 Å². The second-order valence-corrected chi connectivity index (χ2v) is 5.71. The highest BCUT2D eigenvalue weighted by Crippen LogP contribution is 2.32. The normalized spacial score (nSPS) is 16.5. The van der Waals surface area contributed by atoms with Gasteiger partial charge in [-0.2, -0.15) is 9.97 Å². The second kappa shape index (κ2) is 6.58. The van der Waals surface area contributed by atoms with E-state index < -0.39 is 0 Å². The Morgan fingerprint density at radius 3 is 2.90 bits per heavy atom. The molecule has 7 heteroatoms. The van der Waals surface area contributed by atoms with Gasteiger partial charge in [0.25, 0.3) is 0 Å². The molecule has 0 spiro atoms. The Kier molecular flexibility index (Phi) is 4.55. The van der Waals surface area contributed by atoms with Crippen LogP contribution in [0.1, 0.15) is 38.1 Å². The van der Waals surface area contributed by atoms with Gasteiger partial charge in [-0.25, -0.2) is 4.98 Å². The highest BCUT2D eigenvalue weighted by atomic mass is 35.5. The van der Waals surface area contributed by atoms with Gasteiger partial charge >= 0.3 is 0 Å². The van der Waals surface area contributed by atoms with Crippen molar-refractivity contribution in [3.8, 4) is 0 Å². The van der Waals surface area contributed by atoms with Crippen LogP contribution in [-0.2, 0) is 4.74 Å². The molecule has 0 atom stereocenters. The zero-order chi connectivity index (χ0) is 14.7. The minimum Gasteiger partial charge on any atom is -0.383 e. The summed E-state index contributed by atoms with van der Waals surface area (Å²) in [4.78, 5) is 13.0. The average Bonchev–Trinajstić information content (AvgIpc) is 2.92. The van der Waals surface area contributed by atoms with Crippen LogP contribution < -0.4 is 5.32 Å². The molecule has 0 aromatic carbocycles. The summed E-state index contributed by atoms with van der Waals surface area (Å²) in [5, 5.41) is 3.49. The first kappa shape index (κ1) is 14.5. The second-order valence-electron chi connectivity index (χ2n) is 5.38. The van der Waals surface area contributed by atoms with Crippen LogP contribution in [0.2, 0.25) is 5.28 Å². The SMILES string of the molecule is COCCNc1nc(Cl)nc2ncn(C3CCCCC3)c12. The van der Waals surface area contributed by atoms with Gasteiger partial charge in [-0.1, -0.05) is 19.3 Å². The Morgan fingerprint density at radius 2 is 2.14 bits per heavy atom. The summed E-state index contributed by atoms with van der Waals surface area (Å²) in [5.41, 5.74) is 1.60. The number of anilines is 1. The van der Waals surface area contributed by atoms with Crippen molar-refractivity contribution in [3.63, 3.8) is 0 Å². The fraction of sp³-hybridized carbons (Fsp3) is 0.643. The van der Waals surface area contributed by atoms with Crippen LogP contribution in [0.4, 0.5) is 5.82 Å². The smallest absolute Gasteiger partial charge is 0.226 e. The Labute approximate surface area is 128 Å². The first-order chi connectivity index (χ1) is 10.3. The number of imidazole rings is 1. The molecule has 1 fully saturated rings. The Morgan fingerprint density at radius 1 is 1.33 bits per heavy atom. The molecule has 1 saturated carbocycles. The number of ether oxygens (including phenoxy) is 1. The van der Waals surface area contributed by atoms with Gasteiger partial charge in [0, 0.05) is 19.7 Å². The number of nitrogens with zero attached hydrogens (tertiary/aromatic N) is 4. The zero-order valence-electron chi connectivity index (χ0n) is 12.2. The lowest BCUT2D eigenvalue weighted by Crippen LogP contribution is -2.15. The predicted octanol–water partition coefficient (Wildman–Crippen LogP) is 3.04. The highest BCUT2D eigenvalue weighted by molar-refractivity contribution is 6.28. The van der Waals surface area contributed by atoms with E-state index in [-0.39, 0.29) is 5.28 Å². The summed E-state index contributed by atoms with van der Waals surface area (Å²) in [6.45, 7) is 1.29. The first-order valence-corrected chi connectivity index (χ1v) is 7.80. The molecule has 2 aromatic heterocycles. The molecule has 21 heavy (non-hydrogen) atoms. The number of fused-ring (bicyclic) bond motifs is 1. The van der Waals surface area contributed by atoms with Gasteiger partial charge in [0.15, 0.2) is 11.5 Å². The molecule has 6 nitrogen and oxygen atoms in total. The fourth-order valence-corrected chi connectivity index (χ4v) is 3.11. The molecule has 2 aromatic rings. The monoisotopic (exact) mass is 309 g/mol. The highest BCUT2D eigenvalue weighted by Gasteiger charge is 2.20. The third kappa shape index (κ3) is 3.11. The van der Waals surface area contributed by atoms with Crippen molar-refractivity contribution in [2.24, 2.45) is 0 Å². The van der Waals surface area contributed by atoms with Crippen LogP contribution in [0.15, 0.2) is 6.33 Å². The van der Waals surface area contributed by atoms with Crippen LogP contribution in [0.5, 0.6) is 0 Å².